The van der Waals surface area contributed by atoms with Gasteiger partial charge in [0.2, 0.25) is 0 Å². The molecule has 6 heteroatoms. The largest absolute Gasteiger partial charge is 0.344 e. The van der Waals surface area contributed by atoms with Crippen LogP contribution in [0.3, 0.4) is 0 Å². The molecule has 1 aliphatic heterocycles. The summed E-state index contributed by atoms with van der Waals surface area (Å²) in [5, 5.41) is 4.31. The molecule has 1 aromatic carbocycles. The molecule has 1 aromatic heterocycles. The molecular weight excluding hydrogens is 323 g/mol. The fraction of sp³-hybridized carbons (Fsp3) is 0.312. The molecule has 3 rings (SSSR count). The third-order valence-corrected chi connectivity index (χ3v) is 5.11. The van der Waals surface area contributed by atoms with Gasteiger partial charge in [0, 0.05) is 31.6 Å². The molecule has 0 fully saturated rings. The van der Waals surface area contributed by atoms with Crippen LogP contribution in [0.1, 0.15) is 21.7 Å². The van der Waals surface area contributed by atoms with E-state index in [1.54, 1.807) is 26.2 Å². The highest BCUT2D eigenvalue weighted by Gasteiger charge is 2.20. The number of halogens is 2. The Morgan fingerprint density at radius 3 is 2.82 bits per heavy atom. The van der Waals surface area contributed by atoms with E-state index < -0.39 is 0 Å². The predicted molar refractivity (Wildman–Crippen MR) is 90.3 cm³/mol. The summed E-state index contributed by atoms with van der Waals surface area (Å²) < 4.78 is 15.3. The highest BCUT2D eigenvalue weighted by Crippen LogP contribution is 2.37. The monoisotopic (exact) mass is 338 g/mol. The fourth-order valence-electron chi connectivity index (χ4n) is 2.53. The average molecular weight is 339 g/mol. The molecule has 116 valence electrons. The molecule has 1 aliphatic rings. The van der Waals surface area contributed by atoms with Crippen LogP contribution in [-0.4, -0.2) is 38.0 Å². The Hall–Kier alpha value is -1.43. The molecule has 2 heterocycles. The lowest BCUT2D eigenvalue weighted by atomic mass is 10.0. The second kappa shape index (κ2) is 5.99. The first-order valence-electron chi connectivity index (χ1n) is 7.02. The van der Waals surface area contributed by atoms with Gasteiger partial charge in [-0.3, -0.25) is 4.79 Å². The first-order valence-corrected chi connectivity index (χ1v) is 8.22. The molecule has 0 bridgehead atoms. The van der Waals surface area contributed by atoms with Gasteiger partial charge in [-0.25, -0.2) is 4.39 Å². The zero-order valence-electron chi connectivity index (χ0n) is 12.4. The smallest absolute Gasteiger partial charge is 0.263 e. The molecule has 0 saturated heterocycles. The molecule has 0 atom stereocenters. The van der Waals surface area contributed by atoms with E-state index in [0.29, 0.717) is 32.1 Å². The van der Waals surface area contributed by atoms with Crippen molar-refractivity contribution in [1.82, 2.24) is 10.2 Å². The quantitative estimate of drug-likeness (QED) is 0.904. The van der Waals surface area contributed by atoms with Crippen molar-refractivity contribution in [3.8, 4) is 0 Å². The van der Waals surface area contributed by atoms with Crippen molar-refractivity contribution in [2.24, 2.45) is 0 Å². The lowest BCUT2D eigenvalue weighted by Gasteiger charge is -2.15. The lowest BCUT2D eigenvalue weighted by Crippen LogP contribution is -2.21. The molecule has 0 unspecified atom stereocenters. The maximum Gasteiger partial charge on any atom is 0.263 e. The molecule has 0 spiro atoms. The summed E-state index contributed by atoms with van der Waals surface area (Å²) in [6.45, 7) is 1.54. The van der Waals surface area contributed by atoms with Gasteiger partial charge in [0.25, 0.3) is 5.91 Å². The molecule has 0 radical (unpaired) electrons. The van der Waals surface area contributed by atoms with Gasteiger partial charge in [-0.2, -0.15) is 0 Å². The third-order valence-electron chi connectivity index (χ3n) is 3.69. The number of carbonyl (C=O) groups is 1. The SMILES string of the molecule is CN(C)C(=O)c1cc2c(Cl)cc(C3=CCCNC3)c(F)c2s1. The van der Waals surface area contributed by atoms with Crippen molar-refractivity contribution < 1.29 is 9.18 Å². The first-order chi connectivity index (χ1) is 10.5. The van der Waals surface area contributed by atoms with E-state index in [4.69, 9.17) is 11.6 Å². The Morgan fingerprint density at radius 2 is 2.18 bits per heavy atom. The molecule has 1 amide bonds. The number of nitrogens with zero attached hydrogens (tertiary/aromatic N) is 1. The molecule has 2 aromatic rings. The van der Waals surface area contributed by atoms with Gasteiger partial charge in [-0.1, -0.05) is 17.7 Å². The Balaban J connectivity index is 2.16. The Labute approximate surface area is 137 Å². The number of thiophene rings is 1. The van der Waals surface area contributed by atoms with Gasteiger partial charge in [-0.05, 0) is 30.7 Å². The van der Waals surface area contributed by atoms with Crippen molar-refractivity contribution in [3.05, 3.63) is 39.5 Å². The summed E-state index contributed by atoms with van der Waals surface area (Å²) in [4.78, 5) is 14.0. The van der Waals surface area contributed by atoms with Gasteiger partial charge in [-0.15, -0.1) is 11.3 Å². The van der Waals surface area contributed by atoms with E-state index in [1.807, 2.05) is 6.08 Å². The number of hydrogen-bond acceptors (Lipinski definition) is 3. The maximum absolute atomic E-state index is 14.9. The van der Waals surface area contributed by atoms with Gasteiger partial charge in [0.15, 0.2) is 0 Å². The molecule has 1 N–H and O–H groups in total. The molecular formula is C16H16ClFN2OS. The number of benzene rings is 1. The standard InChI is InChI=1S/C16H16ClFN2OS/c1-20(2)16(21)13-7-11-12(17)6-10(14(18)15(11)22-13)9-4-3-5-19-8-9/h4,6-7,19H,3,5,8H2,1-2H3. The van der Waals surface area contributed by atoms with Crippen LogP contribution < -0.4 is 5.32 Å². The predicted octanol–water partition coefficient (Wildman–Crippen LogP) is 3.77. The minimum Gasteiger partial charge on any atom is -0.344 e. The second-order valence-corrected chi connectivity index (χ2v) is 6.93. The average Bonchev–Trinajstić information content (AvgIpc) is 2.97. The Morgan fingerprint density at radius 1 is 1.41 bits per heavy atom. The molecule has 22 heavy (non-hydrogen) atoms. The van der Waals surface area contributed by atoms with E-state index in [-0.39, 0.29) is 11.7 Å². The van der Waals surface area contributed by atoms with Crippen molar-refractivity contribution in [3.63, 3.8) is 0 Å². The van der Waals surface area contributed by atoms with Crippen LogP contribution >= 0.6 is 22.9 Å². The number of fused-ring (bicyclic) bond motifs is 1. The van der Waals surface area contributed by atoms with Crippen LogP contribution in [0, 0.1) is 5.82 Å². The number of hydrogen-bond donors (Lipinski definition) is 1. The van der Waals surface area contributed by atoms with E-state index in [1.165, 1.54) is 4.90 Å². The van der Waals surface area contributed by atoms with Crippen molar-refractivity contribution >= 4 is 44.5 Å². The topological polar surface area (TPSA) is 32.3 Å². The van der Waals surface area contributed by atoms with E-state index in [9.17, 15) is 9.18 Å². The number of amides is 1. The fourth-order valence-corrected chi connectivity index (χ4v) is 3.99. The minimum atomic E-state index is -0.294. The molecule has 0 aliphatic carbocycles. The van der Waals surface area contributed by atoms with Crippen molar-refractivity contribution in [1.29, 1.82) is 0 Å². The normalized spacial score (nSPS) is 15.0. The summed E-state index contributed by atoms with van der Waals surface area (Å²) in [7, 11) is 3.35. The van der Waals surface area contributed by atoms with Crippen molar-refractivity contribution in [2.75, 3.05) is 27.2 Å². The highest BCUT2D eigenvalue weighted by atomic mass is 35.5. The van der Waals surface area contributed by atoms with Crippen molar-refractivity contribution in [2.45, 2.75) is 6.42 Å². The second-order valence-electron chi connectivity index (χ2n) is 5.47. The number of nitrogens with one attached hydrogen (secondary N) is 1. The molecule has 0 saturated carbocycles. The van der Waals surface area contributed by atoms with E-state index >= 15 is 0 Å². The van der Waals surface area contributed by atoms with Crippen LogP contribution in [0.5, 0.6) is 0 Å². The van der Waals surface area contributed by atoms with Crippen LogP contribution in [0.4, 0.5) is 4.39 Å². The molecule has 3 nitrogen and oxygen atoms in total. The summed E-state index contributed by atoms with van der Waals surface area (Å²) in [6.07, 6.45) is 2.91. The third kappa shape index (κ3) is 2.64. The van der Waals surface area contributed by atoms with Crippen LogP contribution in [0.25, 0.3) is 15.7 Å². The van der Waals surface area contributed by atoms with Gasteiger partial charge in [0.1, 0.15) is 5.82 Å². The van der Waals surface area contributed by atoms with Crippen LogP contribution in [-0.2, 0) is 0 Å². The highest BCUT2D eigenvalue weighted by molar-refractivity contribution is 7.21. The lowest BCUT2D eigenvalue weighted by molar-refractivity contribution is 0.0832. The number of rotatable bonds is 2. The number of carbonyl (C=O) groups excluding carboxylic acids is 1. The van der Waals surface area contributed by atoms with Gasteiger partial charge >= 0.3 is 0 Å². The summed E-state index contributed by atoms with van der Waals surface area (Å²) in [6, 6.07) is 3.33. The van der Waals surface area contributed by atoms with Gasteiger partial charge in [0.05, 0.1) is 14.6 Å². The maximum atomic E-state index is 14.9. The zero-order chi connectivity index (χ0) is 15.9. The first kappa shape index (κ1) is 15.5. The Kier molecular flexibility index (Phi) is 4.21. The van der Waals surface area contributed by atoms with Gasteiger partial charge < -0.3 is 10.2 Å². The summed E-state index contributed by atoms with van der Waals surface area (Å²) in [5.74, 6) is -0.436. The Bertz CT molecular complexity index is 782. The minimum absolute atomic E-state index is 0.142. The van der Waals surface area contributed by atoms with Crippen LogP contribution in [0.2, 0.25) is 5.02 Å². The zero-order valence-corrected chi connectivity index (χ0v) is 13.9. The van der Waals surface area contributed by atoms with E-state index in [2.05, 4.69) is 5.32 Å². The van der Waals surface area contributed by atoms with Crippen LogP contribution in [0.15, 0.2) is 18.2 Å². The van der Waals surface area contributed by atoms with E-state index in [0.717, 1.165) is 29.9 Å². The summed E-state index contributed by atoms with van der Waals surface area (Å²) in [5.41, 5.74) is 1.44. The summed E-state index contributed by atoms with van der Waals surface area (Å²) >= 11 is 7.47.